The van der Waals surface area contributed by atoms with Crippen LogP contribution in [0.5, 0.6) is 0 Å². The Balaban J connectivity index is 1.91. The lowest BCUT2D eigenvalue weighted by Gasteiger charge is -2.38. The van der Waals surface area contributed by atoms with Gasteiger partial charge in [-0.3, -0.25) is 0 Å². The van der Waals surface area contributed by atoms with Crippen molar-refractivity contribution in [1.82, 2.24) is 13.9 Å². The minimum Gasteiger partial charge on any atom is -0.313 e. The highest BCUT2D eigenvalue weighted by Gasteiger charge is 2.40. The summed E-state index contributed by atoms with van der Waals surface area (Å²) in [5.74, 6) is 0.427. The number of nitrogens with one attached hydrogen (secondary N) is 1. The van der Waals surface area contributed by atoms with Crippen molar-refractivity contribution in [3.8, 4) is 0 Å². The third-order valence-electron chi connectivity index (χ3n) is 4.47. The average molecular weight is 344 g/mol. The van der Waals surface area contributed by atoms with Crippen LogP contribution in [0.1, 0.15) is 24.9 Å². The fourth-order valence-electron chi connectivity index (χ4n) is 3.22. The van der Waals surface area contributed by atoms with E-state index in [0.717, 1.165) is 12.0 Å². The van der Waals surface area contributed by atoms with Crippen molar-refractivity contribution < 1.29 is 8.42 Å². The van der Waals surface area contributed by atoms with E-state index in [-0.39, 0.29) is 6.04 Å². The molecule has 2 saturated heterocycles. The molecule has 2 atom stereocenters. The van der Waals surface area contributed by atoms with Crippen molar-refractivity contribution in [2.75, 3.05) is 32.7 Å². The normalized spacial score (nSPS) is 28.1. The summed E-state index contributed by atoms with van der Waals surface area (Å²) in [6, 6.07) is 7.24. The van der Waals surface area contributed by atoms with Gasteiger partial charge >= 0.3 is 0 Å². The highest BCUT2D eigenvalue weighted by Crippen LogP contribution is 2.32. The van der Waals surface area contributed by atoms with Gasteiger partial charge in [0.1, 0.15) is 0 Å². The maximum atomic E-state index is 13.0. The largest absolute Gasteiger partial charge is 0.313 e. The van der Waals surface area contributed by atoms with Gasteiger partial charge in [0.05, 0.1) is 6.04 Å². The molecular formula is C15H22ClN3O2S. The molecule has 0 aromatic heterocycles. The molecule has 0 amide bonds. The minimum absolute atomic E-state index is 0.247. The summed E-state index contributed by atoms with van der Waals surface area (Å²) in [6.45, 7) is 5.06. The SMILES string of the molecule is CC1CCN(S(=O)(=O)N2CCNCC2c2ccccc2Cl)C1. The summed E-state index contributed by atoms with van der Waals surface area (Å²) in [5, 5.41) is 3.90. The van der Waals surface area contributed by atoms with Crippen molar-refractivity contribution >= 4 is 21.8 Å². The molecule has 0 saturated carbocycles. The van der Waals surface area contributed by atoms with Crippen LogP contribution in [0.3, 0.4) is 0 Å². The number of piperazine rings is 1. The number of halogens is 1. The molecule has 0 bridgehead atoms. The van der Waals surface area contributed by atoms with E-state index < -0.39 is 10.2 Å². The Labute approximate surface area is 137 Å². The summed E-state index contributed by atoms with van der Waals surface area (Å²) < 4.78 is 29.3. The van der Waals surface area contributed by atoms with Crippen LogP contribution in [0.2, 0.25) is 5.02 Å². The zero-order valence-corrected chi connectivity index (χ0v) is 14.3. The molecule has 0 spiro atoms. The first-order valence-electron chi connectivity index (χ1n) is 7.72. The molecule has 122 valence electrons. The maximum absolute atomic E-state index is 13.0. The molecule has 3 rings (SSSR count). The number of hydrogen-bond donors (Lipinski definition) is 1. The molecule has 7 heteroatoms. The Hall–Kier alpha value is -0.660. The summed E-state index contributed by atoms with van der Waals surface area (Å²) >= 11 is 6.29. The molecule has 2 aliphatic rings. The van der Waals surface area contributed by atoms with E-state index in [1.165, 1.54) is 0 Å². The second-order valence-corrected chi connectivity index (χ2v) is 8.40. The van der Waals surface area contributed by atoms with Crippen LogP contribution in [-0.4, -0.2) is 49.8 Å². The minimum atomic E-state index is -3.44. The second-order valence-electron chi connectivity index (χ2n) is 6.11. The predicted octanol–water partition coefficient (Wildman–Crippen LogP) is 1.87. The first-order chi connectivity index (χ1) is 10.5. The Bertz CT molecular complexity index is 637. The highest BCUT2D eigenvalue weighted by atomic mass is 35.5. The van der Waals surface area contributed by atoms with Gasteiger partial charge in [-0.1, -0.05) is 36.7 Å². The fraction of sp³-hybridized carbons (Fsp3) is 0.600. The first-order valence-corrected chi connectivity index (χ1v) is 9.49. The zero-order chi connectivity index (χ0) is 15.7. The van der Waals surface area contributed by atoms with Crippen molar-refractivity contribution in [2.24, 2.45) is 5.92 Å². The standard InChI is InChI=1S/C15H22ClN3O2S/c1-12-6-8-18(11-12)22(20,21)19-9-7-17-10-15(19)13-4-2-3-5-14(13)16/h2-5,12,15,17H,6-11H2,1H3. The molecule has 2 unspecified atom stereocenters. The zero-order valence-electron chi connectivity index (χ0n) is 12.7. The number of rotatable bonds is 3. The molecule has 0 radical (unpaired) electrons. The molecule has 1 aromatic carbocycles. The fourth-order valence-corrected chi connectivity index (χ4v) is 5.39. The number of nitrogens with zero attached hydrogens (tertiary/aromatic N) is 2. The van der Waals surface area contributed by atoms with Gasteiger partial charge < -0.3 is 5.32 Å². The Morgan fingerprint density at radius 3 is 2.73 bits per heavy atom. The van der Waals surface area contributed by atoms with Crippen LogP contribution in [0.4, 0.5) is 0 Å². The van der Waals surface area contributed by atoms with Crippen LogP contribution in [0, 0.1) is 5.92 Å². The van der Waals surface area contributed by atoms with Crippen LogP contribution in [-0.2, 0) is 10.2 Å². The van der Waals surface area contributed by atoms with Gasteiger partial charge in [-0.05, 0) is 24.0 Å². The Morgan fingerprint density at radius 1 is 1.27 bits per heavy atom. The molecule has 1 N–H and O–H groups in total. The van der Waals surface area contributed by atoms with E-state index >= 15 is 0 Å². The van der Waals surface area contributed by atoms with Crippen LogP contribution >= 0.6 is 11.6 Å². The smallest absolute Gasteiger partial charge is 0.282 e. The lowest BCUT2D eigenvalue weighted by molar-refractivity contribution is 0.252. The number of benzene rings is 1. The van der Waals surface area contributed by atoms with Gasteiger partial charge in [0, 0.05) is 37.7 Å². The highest BCUT2D eigenvalue weighted by molar-refractivity contribution is 7.86. The molecule has 2 aliphatic heterocycles. The van der Waals surface area contributed by atoms with Crippen molar-refractivity contribution in [1.29, 1.82) is 0 Å². The van der Waals surface area contributed by atoms with E-state index in [1.54, 1.807) is 8.61 Å². The van der Waals surface area contributed by atoms with E-state index in [9.17, 15) is 8.42 Å². The first kappa shape index (κ1) is 16.2. The number of hydrogen-bond acceptors (Lipinski definition) is 3. The maximum Gasteiger partial charge on any atom is 0.282 e. The average Bonchev–Trinajstić information content (AvgIpc) is 2.95. The molecular weight excluding hydrogens is 322 g/mol. The van der Waals surface area contributed by atoms with Gasteiger partial charge in [0.2, 0.25) is 0 Å². The van der Waals surface area contributed by atoms with Crippen molar-refractivity contribution in [3.05, 3.63) is 34.9 Å². The summed E-state index contributed by atoms with van der Waals surface area (Å²) in [5.41, 5.74) is 0.868. The van der Waals surface area contributed by atoms with Crippen LogP contribution in [0.15, 0.2) is 24.3 Å². The van der Waals surface area contributed by atoms with Gasteiger partial charge in [0.15, 0.2) is 0 Å². The second kappa shape index (κ2) is 6.45. The van der Waals surface area contributed by atoms with Crippen LogP contribution < -0.4 is 5.32 Å². The van der Waals surface area contributed by atoms with E-state index in [1.807, 2.05) is 24.3 Å². The Morgan fingerprint density at radius 2 is 2.05 bits per heavy atom. The van der Waals surface area contributed by atoms with Crippen LogP contribution in [0.25, 0.3) is 0 Å². The molecule has 5 nitrogen and oxygen atoms in total. The molecule has 2 fully saturated rings. The monoisotopic (exact) mass is 343 g/mol. The topological polar surface area (TPSA) is 52.7 Å². The van der Waals surface area contributed by atoms with E-state index in [2.05, 4.69) is 12.2 Å². The Kier molecular flexibility index (Phi) is 4.75. The lowest BCUT2D eigenvalue weighted by atomic mass is 10.1. The molecule has 2 heterocycles. The summed E-state index contributed by atoms with van der Waals surface area (Å²) in [7, 11) is -3.44. The van der Waals surface area contributed by atoms with Crippen molar-refractivity contribution in [3.63, 3.8) is 0 Å². The van der Waals surface area contributed by atoms with E-state index in [4.69, 9.17) is 11.6 Å². The quantitative estimate of drug-likeness (QED) is 0.911. The summed E-state index contributed by atoms with van der Waals surface area (Å²) in [4.78, 5) is 0. The van der Waals surface area contributed by atoms with Gasteiger partial charge in [-0.15, -0.1) is 0 Å². The lowest BCUT2D eigenvalue weighted by Crippen LogP contribution is -2.53. The molecule has 22 heavy (non-hydrogen) atoms. The van der Waals surface area contributed by atoms with Gasteiger partial charge in [-0.25, -0.2) is 0 Å². The third kappa shape index (κ3) is 3.03. The predicted molar refractivity (Wildman–Crippen MR) is 88.0 cm³/mol. The van der Waals surface area contributed by atoms with Gasteiger partial charge in [-0.2, -0.15) is 17.0 Å². The molecule has 0 aliphatic carbocycles. The van der Waals surface area contributed by atoms with Crippen molar-refractivity contribution in [2.45, 2.75) is 19.4 Å². The van der Waals surface area contributed by atoms with E-state index in [0.29, 0.717) is 43.7 Å². The third-order valence-corrected chi connectivity index (χ3v) is 6.83. The van der Waals surface area contributed by atoms with Gasteiger partial charge in [0.25, 0.3) is 10.2 Å². The summed E-state index contributed by atoms with van der Waals surface area (Å²) in [6.07, 6.45) is 0.933. The molecule has 1 aromatic rings.